The van der Waals surface area contributed by atoms with Crippen molar-refractivity contribution in [3.63, 3.8) is 0 Å². The average molecular weight is 409 g/mol. The molecule has 3 aromatic rings. The van der Waals surface area contributed by atoms with Crippen LogP contribution in [0.25, 0.3) is 10.8 Å². The van der Waals surface area contributed by atoms with Crippen molar-refractivity contribution in [3.05, 3.63) is 77.4 Å². The number of nitrogens with one attached hydrogen (secondary N) is 1. The minimum atomic E-state index is -3.56. The van der Waals surface area contributed by atoms with Crippen LogP contribution in [-0.4, -0.2) is 33.0 Å². The SMILES string of the molecule is Cc1ccc(S(=O)(=O)NC[C@H](c2cccc3ccccc23)N2CCCC2)cc1C. The van der Waals surface area contributed by atoms with Gasteiger partial charge in [-0.2, -0.15) is 0 Å². The summed E-state index contributed by atoms with van der Waals surface area (Å²) in [6.45, 7) is 6.29. The Labute approximate surface area is 173 Å². The normalized spacial score (nSPS) is 16.3. The van der Waals surface area contributed by atoms with Gasteiger partial charge in [-0.05, 0) is 79.4 Å². The van der Waals surface area contributed by atoms with E-state index in [2.05, 4.69) is 40.0 Å². The summed E-state index contributed by atoms with van der Waals surface area (Å²) in [6, 6.07) is 20.0. The number of hydrogen-bond acceptors (Lipinski definition) is 3. The van der Waals surface area contributed by atoms with Crippen LogP contribution in [0.4, 0.5) is 0 Å². The van der Waals surface area contributed by atoms with E-state index in [1.54, 1.807) is 12.1 Å². The van der Waals surface area contributed by atoms with Crippen LogP contribution in [0.2, 0.25) is 0 Å². The van der Waals surface area contributed by atoms with Gasteiger partial charge in [0.05, 0.1) is 4.90 Å². The summed E-state index contributed by atoms with van der Waals surface area (Å²) >= 11 is 0. The van der Waals surface area contributed by atoms with Crippen LogP contribution >= 0.6 is 0 Å². The van der Waals surface area contributed by atoms with Crippen molar-refractivity contribution in [2.45, 2.75) is 37.6 Å². The first-order chi connectivity index (χ1) is 14.0. The molecule has 5 heteroatoms. The summed E-state index contributed by atoms with van der Waals surface area (Å²) in [4.78, 5) is 2.74. The molecule has 0 bridgehead atoms. The second-order valence-electron chi connectivity index (χ2n) is 7.93. The Kier molecular flexibility index (Phi) is 5.72. The maximum atomic E-state index is 13.0. The van der Waals surface area contributed by atoms with E-state index in [1.807, 2.05) is 32.0 Å². The molecule has 0 aromatic heterocycles. The van der Waals surface area contributed by atoms with Crippen molar-refractivity contribution in [3.8, 4) is 0 Å². The molecule has 1 aliphatic heterocycles. The largest absolute Gasteiger partial charge is 0.295 e. The molecule has 29 heavy (non-hydrogen) atoms. The highest BCUT2D eigenvalue weighted by Gasteiger charge is 2.27. The second kappa shape index (κ2) is 8.27. The van der Waals surface area contributed by atoms with E-state index in [4.69, 9.17) is 0 Å². The van der Waals surface area contributed by atoms with Gasteiger partial charge in [-0.15, -0.1) is 0 Å². The highest BCUT2D eigenvalue weighted by atomic mass is 32.2. The minimum Gasteiger partial charge on any atom is -0.295 e. The molecular formula is C24H28N2O2S. The second-order valence-corrected chi connectivity index (χ2v) is 9.69. The summed E-state index contributed by atoms with van der Waals surface area (Å²) in [5.41, 5.74) is 3.26. The van der Waals surface area contributed by atoms with Crippen molar-refractivity contribution in [1.29, 1.82) is 0 Å². The maximum Gasteiger partial charge on any atom is 0.240 e. The first-order valence-electron chi connectivity index (χ1n) is 10.2. The third kappa shape index (κ3) is 4.22. The molecule has 1 atom stereocenters. The molecular weight excluding hydrogens is 380 g/mol. The van der Waals surface area contributed by atoms with Gasteiger partial charge in [0.15, 0.2) is 0 Å². The minimum absolute atomic E-state index is 0.0184. The van der Waals surface area contributed by atoms with E-state index in [1.165, 1.54) is 16.3 Å². The lowest BCUT2D eigenvalue weighted by atomic mass is 9.98. The maximum absolute atomic E-state index is 13.0. The first-order valence-corrected chi connectivity index (χ1v) is 11.7. The Morgan fingerprint density at radius 2 is 1.66 bits per heavy atom. The number of likely N-dealkylation sites (tertiary alicyclic amines) is 1. The van der Waals surface area contributed by atoms with Crippen LogP contribution in [0.15, 0.2) is 65.6 Å². The fourth-order valence-corrected chi connectivity index (χ4v) is 5.31. The van der Waals surface area contributed by atoms with Gasteiger partial charge < -0.3 is 0 Å². The lowest BCUT2D eigenvalue weighted by Crippen LogP contribution is -2.37. The molecule has 4 nitrogen and oxygen atoms in total. The summed E-state index contributed by atoms with van der Waals surface area (Å²) < 4.78 is 28.9. The molecule has 1 N–H and O–H groups in total. The van der Waals surface area contributed by atoms with Crippen LogP contribution in [-0.2, 0) is 10.0 Å². The van der Waals surface area contributed by atoms with Crippen LogP contribution < -0.4 is 4.72 Å². The van der Waals surface area contributed by atoms with E-state index in [0.717, 1.165) is 37.1 Å². The molecule has 0 amide bonds. The number of hydrogen-bond donors (Lipinski definition) is 1. The lowest BCUT2D eigenvalue weighted by Gasteiger charge is -2.29. The molecule has 0 unspecified atom stereocenters. The Balaban J connectivity index is 1.65. The van der Waals surface area contributed by atoms with E-state index in [0.29, 0.717) is 11.4 Å². The number of sulfonamides is 1. The third-order valence-corrected chi connectivity index (χ3v) is 7.44. The molecule has 152 valence electrons. The first kappa shape index (κ1) is 20.1. The zero-order valence-electron chi connectivity index (χ0n) is 17.1. The number of rotatable bonds is 6. The van der Waals surface area contributed by atoms with Gasteiger partial charge in [-0.1, -0.05) is 48.5 Å². The highest BCUT2D eigenvalue weighted by Crippen LogP contribution is 2.30. The zero-order valence-corrected chi connectivity index (χ0v) is 17.9. The molecule has 0 saturated carbocycles. The molecule has 0 spiro atoms. The summed E-state index contributed by atoms with van der Waals surface area (Å²) in [5.74, 6) is 0. The van der Waals surface area contributed by atoms with Gasteiger partial charge >= 0.3 is 0 Å². The van der Waals surface area contributed by atoms with Crippen LogP contribution in [0.5, 0.6) is 0 Å². The Morgan fingerprint density at radius 1 is 0.931 bits per heavy atom. The molecule has 1 saturated heterocycles. The topological polar surface area (TPSA) is 49.4 Å². The van der Waals surface area contributed by atoms with Crippen molar-refractivity contribution < 1.29 is 8.42 Å². The zero-order chi connectivity index (χ0) is 20.4. The van der Waals surface area contributed by atoms with E-state index >= 15 is 0 Å². The number of fused-ring (bicyclic) bond motifs is 1. The molecule has 4 rings (SSSR count). The highest BCUT2D eigenvalue weighted by molar-refractivity contribution is 7.89. The average Bonchev–Trinajstić information content (AvgIpc) is 3.25. The Bertz CT molecular complexity index is 1110. The molecule has 0 radical (unpaired) electrons. The van der Waals surface area contributed by atoms with Crippen LogP contribution in [0.3, 0.4) is 0 Å². The summed E-state index contributed by atoms with van der Waals surface area (Å²) in [7, 11) is -3.56. The fourth-order valence-electron chi connectivity index (χ4n) is 4.18. The predicted molar refractivity (Wildman–Crippen MR) is 119 cm³/mol. The quantitative estimate of drug-likeness (QED) is 0.650. The third-order valence-electron chi connectivity index (χ3n) is 6.02. The smallest absolute Gasteiger partial charge is 0.240 e. The molecule has 1 heterocycles. The van der Waals surface area contributed by atoms with Crippen molar-refractivity contribution in [2.75, 3.05) is 19.6 Å². The van der Waals surface area contributed by atoms with Gasteiger partial charge in [-0.3, -0.25) is 4.90 Å². The predicted octanol–water partition coefficient (Wildman–Crippen LogP) is 4.57. The molecule has 3 aromatic carbocycles. The summed E-state index contributed by atoms with van der Waals surface area (Å²) in [5, 5.41) is 2.38. The number of benzene rings is 3. The van der Waals surface area contributed by atoms with E-state index < -0.39 is 10.0 Å². The van der Waals surface area contributed by atoms with Crippen molar-refractivity contribution >= 4 is 20.8 Å². The standard InChI is InChI=1S/C24H28N2O2S/c1-18-12-13-21(16-19(18)2)29(27,28)25-17-24(26-14-5-6-15-26)23-11-7-9-20-8-3-4-10-22(20)23/h3-4,7-13,16,24-25H,5-6,14-15,17H2,1-2H3/t24-/m1/s1. The number of nitrogens with zero attached hydrogens (tertiary/aromatic N) is 1. The van der Waals surface area contributed by atoms with Gasteiger partial charge in [0, 0.05) is 12.6 Å². The van der Waals surface area contributed by atoms with Crippen LogP contribution in [0, 0.1) is 13.8 Å². The van der Waals surface area contributed by atoms with Crippen LogP contribution in [0.1, 0.15) is 35.6 Å². The molecule has 1 aliphatic rings. The summed E-state index contributed by atoms with van der Waals surface area (Å²) in [6.07, 6.45) is 2.32. The Morgan fingerprint density at radius 3 is 2.41 bits per heavy atom. The monoisotopic (exact) mass is 408 g/mol. The van der Waals surface area contributed by atoms with Gasteiger partial charge in [0.25, 0.3) is 0 Å². The van der Waals surface area contributed by atoms with Gasteiger partial charge in [0.2, 0.25) is 10.0 Å². The Hall–Kier alpha value is -2.21. The number of aryl methyl sites for hydroxylation is 2. The van der Waals surface area contributed by atoms with E-state index in [9.17, 15) is 8.42 Å². The van der Waals surface area contributed by atoms with Crippen molar-refractivity contribution in [2.24, 2.45) is 0 Å². The lowest BCUT2D eigenvalue weighted by molar-refractivity contribution is 0.248. The fraction of sp³-hybridized carbons (Fsp3) is 0.333. The molecule has 0 aliphatic carbocycles. The van der Waals surface area contributed by atoms with Crippen molar-refractivity contribution in [1.82, 2.24) is 9.62 Å². The molecule has 1 fully saturated rings. The van der Waals surface area contributed by atoms with Gasteiger partial charge in [0.1, 0.15) is 0 Å². The van der Waals surface area contributed by atoms with E-state index in [-0.39, 0.29) is 6.04 Å². The van der Waals surface area contributed by atoms with Gasteiger partial charge in [-0.25, -0.2) is 13.1 Å².